The van der Waals surface area contributed by atoms with Crippen LogP contribution in [-0.4, -0.2) is 22.0 Å². The van der Waals surface area contributed by atoms with Crippen molar-refractivity contribution in [3.63, 3.8) is 0 Å². The summed E-state index contributed by atoms with van der Waals surface area (Å²) in [6.45, 7) is 5.73. The zero-order valence-electron chi connectivity index (χ0n) is 8.46. The van der Waals surface area contributed by atoms with Crippen molar-refractivity contribution >= 4 is 0 Å². The Kier molecular flexibility index (Phi) is 2.40. The van der Waals surface area contributed by atoms with Crippen molar-refractivity contribution in [2.75, 3.05) is 0 Å². The molecule has 13 heavy (non-hydrogen) atoms. The van der Waals surface area contributed by atoms with Gasteiger partial charge in [-0.2, -0.15) is 0 Å². The van der Waals surface area contributed by atoms with Gasteiger partial charge in [-0.1, -0.05) is 0 Å². The number of H-pyrrole nitrogens is 1. The highest BCUT2D eigenvalue weighted by molar-refractivity contribution is 5.04. The Morgan fingerprint density at radius 3 is 2.62 bits per heavy atom. The van der Waals surface area contributed by atoms with Gasteiger partial charge in [-0.05, 0) is 38.8 Å². The summed E-state index contributed by atoms with van der Waals surface area (Å²) in [6.07, 6.45) is 4.70. The Morgan fingerprint density at radius 1 is 1.38 bits per heavy atom. The Bertz CT molecular complexity index is 243. The lowest BCUT2D eigenvalue weighted by Gasteiger charge is -2.25. The van der Waals surface area contributed by atoms with Crippen LogP contribution in [0.2, 0.25) is 0 Å². The molecular formula is C11H18N2. The average Bonchev–Trinajstić information content (AvgIpc) is 2.70. The van der Waals surface area contributed by atoms with Crippen LogP contribution in [0.4, 0.5) is 0 Å². The molecule has 0 spiro atoms. The fourth-order valence-electron chi connectivity index (χ4n) is 2.22. The molecular weight excluding hydrogens is 160 g/mol. The first-order chi connectivity index (χ1) is 6.27. The smallest absolute Gasteiger partial charge is 0.0390 e. The summed E-state index contributed by atoms with van der Waals surface area (Å²) < 4.78 is 0. The Balaban J connectivity index is 2.01. The van der Waals surface area contributed by atoms with Gasteiger partial charge in [0.1, 0.15) is 0 Å². The topological polar surface area (TPSA) is 19.0 Å². The van der Waals surface area contributed by atoms with Crippen LogP contribution in [0, 0.1) is 0 Å². The van der Waals surface area contributed by atoms with Gasteiger partial charge in [-0.15, -0.1) is 0 Å². The molecule has 2 heterocycles. The normalized spacial score (nSPS) is 29.7. The molecule has 1 saturated heterocycles. The minimum Gasteiger partial charge on any atom is -0.364 e. The van der Waals surface area contributed by atoms with Gasteiger partial charge in [0.05, 0.1) is 0 Å². The van der Waals surface area contributed by atoms with Crippen LogP contribution < -0.4 is 0 Å². The summed E-state index contributed by atoms with van der Waals surface area (Å²) in [6, 6.07) is 5.73. The van der Waals surface area contributed by atoms with Crippen molar-refractivity contribution in [1.29, 1.82) is 0 Å². The summed E-state index contributed by atoms with van der Waals surface area (Å²) in [7, 11) is 0. The molecule has 0 bridgehead atoms. The number of nitrogens with zero attached hydrogens (tertiary/aromatic N) is 1. The molecule has 1 N–H and O–H groups in total. The average molecular weight is 178 g/mol. The van der Waals surface area contributed by atoms with Gasteiger partial charge >= 0.3 is 0 Å². The van der Waals surface area contributed by atoms with Crippen molar-refractivity contribution < 1.29 is 0 Å². The van der Waals surface area contributed by atoms with E-state index >= 15 is 0 Å². The number of aromatic amines is 1. The van der Waals surface area contributed by atoms with Gasteiger partial charge in [-0.3, -0.25) is 4.90 Å². The summed E-state index contributed by atoms with van der Waals surface area (Å²) in [5.41, 5.74) is 1.33. The third kappa shape index (κ3) is 1.78. The minimum absolute atomic E-state index is 0.748. The highest BCUT2D eigenvalue weighted by Crippen LogP contribution is 2.24. The van der Waals surface area contributed by atoms with Crippen molar-refractivity contribution in [1.82, 2.24) is 9.88 Å². The van der Waals surface area contributed by atoms with E-state index in [2.05, 4.69) is 35.9 Å². The van der Waals surface area contributed by atoms with Gasteiger partial charge in [0.15, 0.2) is 0 Å². The second kappa shape index (κ2) is 3.54. The van der Waals surface area contributed by atoms with E-state index in [1.54, 1.807) is 0 Å². The van der Waals surface area contributed by atoms with E-state index in [0.29, 0.717) is 0 Å². The fourth-order valence-corrected chi connectivity index (χ4v) is 2.22. The highest BCUT2D eigenvalue weighted by atomic mass is 15.2. The number of hydrogen-bond donors (Lipinski definition) is 1. The first-order valence-corrected chi connectivity index (χ1v) is 5.15. The SMILES string of the molecule is CC1CCC(C)N1Cc1ccc[nH]1. The zero-order chi connectivity index (χ0) is 9.26. The standard InChI is InChI=1S/C11H18N2/c1-9-5-6-10(2)13(9)8-11-4-3-7-12-11/h3-4,7,9-10,12H,5-6,8H2,1-2H3. The molecule has 0 amide bonds. The molecule has 2 atom stereocenters. The number of nitrogens with one attached hydrogen (secondary N) is 1. The lowest BCUT2D eigenvalue weighted by atomic mass is 10.2. The highest BCUT2D eigenvalue weighted by Gasteiger charge is 2.26. The van der Waals surface area contributed by atoms with Crippen LogP contribution in [0.25, 0.3) is 0 Å². The Labute approximate surface area is 79.9 Å². The molecule has 72 valence electrons. The molecule has 1 fully saturated rings. The summed E-state index contributed by atoms with van der Waals surface area (Å²) in [5.74, 6) is 0. The number of aromatic nitrogens is 1. The van der Waals surface area contributed by atoms with Crippen molar-refractivity contribution in [2.45, 2.75) is 45.3 Å². The van der Waals surface area contributed by atoms with Crippen LogP contribution in [0.1, 0.15) is 32.4 Å². The third-order valence-corrected chi connectivity index (χ3v) is 3.15. The van der Waals surface area contributed by atoms with Crippen LogP contribution >= 0.6 is 0 Å². The summed E-state index contributed by atoms with van der Waals surface area (Å²) >= 11 is 0. The second-order valence-corrected chi connectivity index (χ2v) is 4.14. The molecule has 1 aromatic heterocycles. The van der Waals surface area contributed by atoms with Gasteiger partial charge in [0.2, 0.25) is 0 Å². The maximum absolute atomic E-state index is 3.26. The first kappa shape index (κ1) is 8.82. The van der Waals surface area contributed by atoms with E-state index in [4.69, 9.17) is 0 Å². The molecule has 2 rings (SSSR count). The molecule has 2 unspecified atom stereocenters. The number of likely N-dealkylation sites (tertiary alicyclic amines) is 1. The predicted molar refractivity (Wildman–Crippen MR) is 54.5 cm³/mol. The number of rotatable bonds is 2. The molecule has 1 aromatic rings. The van der Waals surface area contributed by atoms with E-state index in [-0.39, 0.29) is 0 Å². The van der Waals surface area contributed by atoms with Gasteiger partial charge in [0, 0.05) is 30.5 Å². The van der Waals surface area contributed by atoms with Gasteiger partial charge < -0.3 is 4.98 Å². The second-order valence-electron chi connectivity index (χ2n) is 4.14. The van der Waals surface area contributed by atoms with E-state index in [0.717, 1.165) is 18.6 Å². The van der Waals surface area contributed by atoms with E-state index < -0.39 is 0 Å². The van der Waals surface area contributed by atoms with Gasteiger partial charge in [0.25, 0.3) is 0 Å². The van der Waals surface area contributed by atoms with Gasteiger partial charge in [-0.25, -0.2) is 0 Å². The molecule has 0 aromatic carbocycles. The fraction of sp³-hybridized carbons (Fsp3) is 0.636. The minimum atomic E-state index is 0.748. The monoisotopic (exact) mass is 178 g/mol. The molecule has 0 saturated carbocycles. The maximum atomic E-state index is 3.26. The molecule has 2 nitrogen and oxygen atoms in total. The third-order valence-electron chi connectivity index (χ3n) is 3.15. The van der Waals surface area contributed by atoms with Crippen molar-refractivity contribution in [3.8, 4) is 0 Å². The van der Waals surface area contributed by atoms with Crippen LogP contribution in [0.5, 0.6) is 0 Å². The molecule has 0 radical (unpaired) electrons. The predicted octanol–water partition coefficient (Wildman–Crippen LogP) is 2.39. The largest absolute Gasteiger partial charge is 0.364 e. The summed E-state index contributed by atoms with van der Waals surface area (Å²) in [4.78, 5) is 5.84. The van der Waals surface area contributed by atoms with Crippen molar-refractivity contribution in [2.24, 2.45) is 0 Å². The number of hydrogen-bond acceptors (Lipinski definition) is 1. The zero-order valence-corrected chi connectivity index (χ0v) is 8.46. The van der Waals surface area contributed by atoms with Crippen LogP contribution in [0.3, 0.4) is 0 Å². The molecule has 0 aliphatic carbocycles. The Morgan fingerprint density at radius 2 is 2.08 bits per heavy atom. The summed E-state index contributed by atoms with van der Waals surface area (Å²) in [5, 5.41) is 0. The van der Waals surface area contributed by atoms with Crippen molar-refractivity contribution in [3.05, 3.63) is 24.0 Å². The molecule has 1 aliphatic heterocycles. The molecule has 2 heteroatoms. The Hall–Kier alpha value is -0.760. The lowest BCUT2D eigenvalue weighted by Crippen LogP contribution is -2.32. The quantitative estimate of drug-likeness (QED) is 0.736. The van der Waals surface area contributed by atoms with E-state index in [9.17, 15) is 0 Å². The maximum Gasteiger partial charge on any atom is 0.0390 e. The van der Waals surface area contributed by atoms with E-state index in [1.807, 2.05) is 6.20 Å². The first-order valence-electron chi connectivity index (χ1n) is 5.15. The van der Waals surface area contributed by atoms with E-state index in [1.165, 1.54) is 18.5 Å². The molecule has 1 aliphatic rings. The van der Waals surface area contributed by atoms with Crippen LogP contribution in [-0.2, 0) is 6.54 Å². The van der Waals surface area contributed by atoms with Crippen LogP contribution in [0.15, 0.2) is 18.3 Å². The lowest BCUT2D eigenvalue weighted by molar-refractivity contribution is 0.203.